The van der Waals surface area contributed by atoms with E-state index in [1.165, 1.54) is 23.1 Å². The minimum Gasteiger partial charge on any atom is -0.406 e. The number of alkyl halides is 6. The summed E-state index contributed by atoms with van der Waals surface area (Å²) in [6.07, 6.45) is -8.31. The van der Waals surface area contributed by atoms with Gasteiger partial charge in [-0.3, -0.25) is 19.7 Å². The molecule has 1 amide bonds. The third-order valence-corrected chi connectivity index (χ3v) is 6.30. The average molecular weight is 556 g/mol. The molecule has 5 nitrogen and oxygen atoms in total. The summed E-state index contributed by atoms with van der Waals surface area (Å²) >= 11 is 6.41. The van der Waals surface area contributed by atoms with Gasteiger partial charge in [0.05, 0.1) is 11.6 Å². The van der Waals surface area contributed by atoms with E-state index >= 15 is 0 Å². The number of benzene rings is 2. The van der Waals surface area contributed by atoms with Gasteiger partial charge in [0.1, 0.15) is 17.2 Å². The fraction of sp³-hybridized carbons (Fsp3) is 0.269. The molecule has 2 heterocycles. The van der Waals surface area contributed by atoms with Crippen LogP contribution in [0.15, 0.2) is 71.9 Å². The van der Waals surface area contributed by atoms with Gasteiger partial charge >= 0.3 is 12.5 Å². The van der Waals surface area contributed by atoms with E-state index < -0.39 is 41.5 Å². The number of carbonyl (C=O) groups excluding carboxylic acids is 1. The van der Waals surface area contributed by atoms with Crippen molar-refractivity contribution in [2.45, 2.75) is 44.4 Å². The molecule has 1 atom stereocenters. The highest BCUT2D eigenvalue weighted by atomic mass is 35.5. The van der Waals surface area contributed by atoms with E-state index in [4.69, 9.17) is 11.6 Å². The van der Waals surface area contributed by atoms with Gasteiger partial charge in [0.25, 0.3) is 5.91 Å². The Bertz CT molecular complexity index is 1350. The number of rotatable bonds is 5. The number of pyridine rings is 1. The molecule has 1 unspecified atom stereocenters. The Morgan fingerprint density at radius 2 is 1.63 bits per heavy atom. The van der Waals surface area contributed by atoms with Crippen molar-refractivity contribution in [3.8, 4) is 5.75 Å². The lowest BCUT2D eigenvalue weighted by Crippen LogP contribution is -2.30. The standard InChI is InChI=1S/C26H20ClF6N3O2/c1-24(2,15-7-12-22(34-14-15)25(28,29)30)35-20-13-21(18-5-3-4-6-19(18)27)36(23(20)37)16-8-10-17(11-9-16)38-26(31,32)33/h3-12,14,21H,13H2,1-2H3. The van der Waals surface area contributed by atoms with Crippen molar-refractivity contribution in [3.63, 3.8) is 0 Å². The molecule has 1 aromatic heterocycles. The highest BCUT2D eigenvalue weighted by Gasteiger charge is 2.41. The monoisotopic (exact) mass is 555 g/mol. The van der Waals surface area contributed by atoms with Crippen LogP contribution in [0.3, 0.4) is 0 Å². The quantitative estimate of drug-likeness (QED) is 0.306. The first-order chi connectivity index (χ1) is 17.7. The number of hydrogen-bond acceptors (Lipinski definition) is 4. The number of amides is 1. The lowest BCUT2D eigenvalue weighted by atomic mass is 9.95. The minimum absolute atomic E-state index is 0.0981. The fourth-order valence-corrected chi connectivity index (χ4v) is 4.42. The molecule has 0 radical (unpaired) electrons. The Morgan fingerprint density at radius 1 is 0.974 bits per heavy atom. The number of nitrogens with zero attached hydrogens (tertiary/aromatic N) is 3. The number of hydrogen-bond donors (Lipinski definition) is 0. The van der Waals surface area contributed by atoms with E-state index in [-0.39, 0.29) is 17.8 Å². The van der Waals surface area contributed by atoms with E-state index in [2.05, 4.69) is 14.7 Å². The Kier molecular flexibility index (Phi) is 7.17. The van der Waals surface area contributed by atoms with Crippen molar-refractivity contribution in [2.24, 2.45) is 4.99 Å². The van der Waals surface area contributed by atoms with Crippen molar-refractivity contribution >= 4 is 28.9 Å². The molecule has 3 aromatic rings. The summed E-state index contributed by atoms with van der Waals surface area (Å²) < 4.78 is 80.5. The second-order valence-corrected chi connectivity index (χ2v) is 9.41. The van der Waals surface area contributed by atoms with E-state index in [1.807, 2.05) is 0 Å². The molecule has 2 aromatic carbocycles. The molecule has 4 rings (SSSR count). The van der Waals surface area contributed by atoms with Crippen LogP contribution >= 0.6 is 11.6 Å². The van der Waals surface area contributed by atoms with E-state index in [0.717, 1.165) is 24.4 Å². The maximum absolute atomic E-state index is 13.6. The molecule has 1 aliphatic rings. The SMILES string of the molecule is CC(C)(N=C1CC(c2ccccc2Cl)N(c2ccc(OC(F)(F)F)cc2)C1=O)c1ccc(C(F)(F)F)nc1. The van der Waals surface area contributed by atoms with Crippen LogP contribution in [-0.4, -0.2) is 23.0 Å². The topological polar surface area (TPSA) is 54.8 Å². The average Bonchev–Trinajstić information content (AvgIpc) is 3.13. The summed E-state index contributed by atoms with van der Waals surface area (Å²) in [4.78, 5) is 23.0. The van der Waals surface area contributed by atoms with Crippen molar-refractivity contribution in [2.75, 3.05) is 4.90 Å². The zero-order chi connectivity index (χ0) is 27.9. The molecule has 0 spiro atoms. The zero-order valence-corrected chi connectivity index (χ0v) is 20.7. The van der Waals surface area contributed by atoms with Gasteiger partial charge in [-0.1, -0.05) is 35.9 Å². The Labute approximate surface area is 218 Å². The van der Waals surface area contributed by atoms with Crippen molar-refractivity contribution in [1.29, 1.82) is 0 Å². The Morgan fingerprint density at radius 3 is 2.18 bits per heavy atom. The molecule has 1 fully saturated rings. The second kappa shape index (κ2) is 9.94. The lowest BCUT2D eigenvalue weighted by Gasteiger charge is -2.25. The van der Waals surface area contributed by atoms with Crippen LogP contribution in [0.2, 0.25) is 5.02 Å². The molecule has 200 valence electrons. The van der Waals surface area contributed by atoms with Gasteiger partial charge < -0.3 is 4.74 Å². The molecule has 1 saturated heterocycles. The molecule has 0 N–H and O–H groups in total. The van der Waals surface area contributed by atoms with Gasteiger partial charge in [0, 0.05) is 23.3 Å². The van der Waals surface area contributed by atoms with E-state index in [1.54, 1.807) is 38.1 Å². The van der Waals surface area contributed by atoms with Crippen LogP contribution < -0.4 is 9.64 Å². The van der Waals surface area contributed by atoms with Crippen LogP contribution in [-0.2, 0) is 16.5 Å². The van der Waals surface area contributed by atoms with Gasteiger partial charge in [-0.25, -0.2) is 0 Å². The van der Waals surface area contributed by atoms with Gasteiger partial charge in [-0.05, 0) is 61.4 Å². The first-order valence-corrected chi connectivity index (χ1v) is 11.6. The first kappa shape index (κ1) is 27.4. The summed E-state index contributed by atoms with van der Waals surface area (Å²) in [7, 11) is 0. The first-order valence-electron chi connectivity index (χ1n) is 11.2. The molecule has 12 heteroatoms. The predicted octanol–water partition coefficient (Wildman–Crippen LogP) is 7.51. The van der Waals surface area contributed by atoms with Crippen LogP contribution in [0.25, 0.3) is 0 Å². The number of ether oxygens (including phenoxy) is 1. The number of carbonyl (C=O) groups is 1. The summed E-state index contributed by atoms with van der Waals surface area (Å²) in [5.74, 6) is -0.973. The minimum atomic E-state index is -4.87. The summed E-state index contributed by atoms with van der Waals surface area (Å²) in [5, 5.41) is 0.375. The molecule has 0 bridgehead atoms. The Balaban J connectivity index is 1.71. The van der Waals surface area contributed by atoms with Crippen LogP contribution in [0, 0.1) is 0 Å². The van der Waals surface area contributed by atoms with Crippen molar-refractivity contribution < 1.29 is 35.9 Å². The number of anilines is 1. The Hall–Kier alpha value is -3.60. The summed E-state index contributed by atoms with van der Waals surface area (Å²) in [6, 6.07) is 13.1. The molecule has 0 saturated carbocycles. The van der Waals surface area contributed by atoms with Crippen LogP contribution in [0.4, 0.5) is 32.0 Å². The number of aromatic nitrogens is 1. The highest BCUT2D eigenvalue weighted by molar-refractivity contribution is 6.46. The molecular formula is C26H20ClF6N3O2. The van der Waals surface area contributed by atoms with Gasteiger partial charge in [0.2, 0.25) is 0 Å². The lowest BCUT2D eigenvalue weighted by molar-refractivity contribution is -0.274. The normalized spacial score (nSPS) is 17.8. The van der Waals surface area contributed by atoms with Gasteiger partial charge in [0.15, 0.2) is 0 Å². The third kappa shape index (κ3) is 5.93. The molecule has 0 aliphatic carbocycles. The largest absolute Gasteiger partial charge is 0.573 e. The number of aliphatic imine (C=N–C) groups is 1. The maximum Gasteiger partial charge on any atom is 0.573 e. The summed E-state index contributed by atoms with van der Waals surface area (Å²) in [5.41, 5.74) is -0.814. The van der Waals surface area contributed by atoms with Gasteiger partial charge in [-0.2, -0.15) is 13.2 Å². The zero-order valence-electron chi connectivity index (χ0n) is 19.9. The van der Waals surface area contributed by atoms with E-state index in [9.17, 15) is 31.1 Å². The van der Waals surface area contributed by atoms with Crippen molar-refractivity contribution in [1.82, 2.24) is 4.98 Å². The molecular weight excluding hydrogens is 536 g/mol. The van der Waals surface area contributed by atoms with Gasteiger partial charge in [-0.15, -0.1) is 13.2 Å². The summed E-state index contributed by atoms with van der Waals surface area (Å²) in [6.45, 7) is 3.27. The molecule has 1 aliphatic heterocycles. The van der Waals surface area contributed by atoms with E-state index in [0.29, 0.717) is 16.1 Å². The van der Waals surface area contributed by atoms with Crippen molar-refractivity contribution in [3.05, 3.63) is 88.7 Å². The number of halogens is 7. The fourth-order valence-electron chi connectivity index (χ4n) is 4.16. The maximum atomic E-state index is 13.6. The third-order valence-electron chi connectivity index (χ3n) is 5.95. The van der Waals surface area contributed by atoms with Crippen LogP contribution in [0.5, 0.6) is 5.75 Å². The molecule has 38 heavy (non-hydrogen) atoms. The highest BCUT2D eigenvalue weighted by Crippen LogP contribution is 2.41. The smallest absolute Gasteiger partial charge is 0.406 e. The predicted molar refractivity (Wildman–Crippen MR) is 129 cm³/mol. The van der Waals surface area contributed by atoms with Crippen LogP contribution in [0.1, 0.15) is 43.1 Å². The second-order valence-electron chi connectivity index (χ2n) is 9.01.